The quantitative estimate of drug-likeness (QED) is 0.797. The maximum atomic E-state index is 12.6. The average Bonchev–Trinajstić information content (AvgIpc) is 2.88. The molecule has 0 unspecified atom stereocenters. The molecule has 1 fully saturated rings. The number of rotatable bonds is 3. The smallest absolute Gasteiger partial charge is 0.326 e. The van der Waals surface area contributed by atoms with Gasteiger partial charge in [0, 0.05) is 29.7 Å². The van der Waals surface area contributed by atoms with Gasteiger partial charge in [-0.25, -0.2) is 0 Å². The molecule has 25 heavy (non-hydrogen) atoms. The second-order valence-electron chi connectivity index (χ2n) is 7.77. The van der Waals surface area contributed by atoms with Gasteiger partial charge in [-0.1, -0.05) is 18.1 Å². The maximum absolute atomic E-state index is 12.6. The molecular formula is C21H28N2O2. The van der Waals surface area contributed by atoms with Crippen molar-refractivity contribution >= 4 is 16.9 Å². The third-order valence-electron chi connectivity index (χ3n) is 5.74. The number of esters is 1. The molecule has 2 aromatic rings. The van der Waals surface area contributed by atoms with Crippen molar-refractivity contribution in [1.82, 2.24) is 9.47 Å². The molecule has 1 saturated carbocycles. The van der Waals surface area contributed by atoms with Gasteiger partial charge in [0.2, 0.25) is 0 Å². The van der Waals surface area contributed by atoms with E-state index in [1.807, 2.05) is 0 Å². The number of nitrogens with zero attached hydrogens (tertiary/aromatic N) is 2. The van der Waals surface area contributed by atoms with E-state index in [4.69, 9.17) is 4.74 Å². The molecule has 0 N–H and O–H groups in total. The van der Waals surface area contributed by atoms with Crippen molar-refractivity contribution in [2.45, 2.75) is 64.6 Å². The largest absolute Gasteiger partial charge is 0.461 e. The van der Waals surface area contributed by atoms with Crippen LogP contribution in [0.4, 0.5) is 0 Å². The summed E-state index contributed by atoms with van der Waals surface area (Å²) >= 11 is 0. The van der Waals surface area contributed by atoms with Crippen molar-refractivity contribution in [3.05, 3.63) is 35.0 Å². The lowest BCUT2D eigenvalue weighted by Crippen LogP contribution is -2.29. The molecule has 1 aliphatic carbocycles. The average molecular weight is 340 g/mol. The fourth-order valence-electron chi connectivity index (χ4n) is 4.40. The van der Waals surface area contributed by atoms with Crippen LogP contribution in [0.2, 0.25) is 0 Å². The zero-order valence-corrected chi connectivity index (χ0v) is 15.4. The van der Waals surface area contributed by atoms with E-state index >= 15 is 0 Å². The summed E-state index contributed by atoms with van der Waals surface area (Å²) in [6, 6.07) is 6.57. The van der Waals surface area contributed by atoms with E-state index in [0.717, 1.165) is 32.4 Å². The molecule has 0 amide bonds. The van der Waals surface area contributed by atoms with Crippen molar-refractivity contribution in [2.75, 3.05) is 13.6 Å². The summed E-state index contributed by atoms with van der Waals surface area (Å²) in [5, 5.41) is 1.31. The standard InChI is InChI=1S/C21H28N2O2/c1-15-8-9-19-18(12-15)17-10-11-22(2)13-20(17)23(19)14-21(24)25-16-6-4-3-5-7-16/h8-9,12,16H,3-7,10-11,13-14H2,1-2H3. The fraction of sp³-hybridized carbons (Fsp3) is 0.571. The van der Waals surface area contributed by atoms with E-state index in [0.29, 0.717) is 6.54 Å². The number of benzene rings is 1. The summed E-state index contributed by atoms with van der Waals surface area (Å²) < 4.78 is 7.98. The van der Waals surface area contributed by atoms with E-state index in [9.17, 15) is 4.79 Å². The molecule has 4 rings (SSSR count). The molecule has 1 aromatic carbocycles. The highest BCUT2D eigenvalue weighted by atomic mass is 16.5. The number of aromatic nitrogens is 1. The first-order chi connectivity index (χ1) is 12.1. The molecule has 0 atom stereocenters. The number of likely N-dealkylation sites (N-methyl/N-ethyl adjacent to an activating group) is 1. The highest BCUT2D eigenvalue weighted by Crippen LogP contribution is 2.31. The third kappa shape index (κ3) is 3.32. The van der Waals surface area contributed by atoms with E-state index < -0.39 is 0 Å². The van der Waals surface area contributed by atoms with Crippen LogP contribution in [0.15, 0.2) is 18.2 Å². The van der Waals surface area contributed by atoms with Crippen LogP contribution in [0.3, 0.4) is 0 Å². The zero-order chi connectivity index (χ0) is 17.4. The van der Waals surface area contributed by atoms with E-state index in [1.165, 1.54) is 47.0 Å². The minimum Gasteiger partial charge on any atom is -0.461 e. The lowest BCUT2D eigenvalue weighted by molar-refractivity contribution is -0.151. The van der Waals surface area contributed by atoms with E-state index in [-0.39, 0.29) is 12.1 Å². The molecule has 4 nitrogen and oxygen atoms in total. The summed E-state index contributed by atoms with van der Waals surface area (Å²) in [5.41, 5.74) is 5.15. The van der Waals surface area contributed by atoms with E-state index in [1.54, 1.807) is 0 Å². The summed E-state index contributed by atoms with van der Waals surface area (Å²) in [4.78, 5) is 14.9. The van der Waals surface area contributed by atoms with Crippen LogP contribution in [0.1, 0.15) is 48.9 Å². The minimum absolute atomic E-state index is 0.0830. The van der Waals surface area contributed by atoms with Crippen molar-refractivity contribution in [3.63, 3.8) is 0 Å². The zero-order valence-electron chi connectivity index (χ0n) is 15.4. The highest BCUT2D eigenvalue weighted by molar-refractivity contribution is 5.88. The van der Waals surface area contributed by atoms with Crippen molar-refractivity contribution in [3.8, 4) is 0 Å². The predicted octanol–water partition coefficient (Wildman–Crippen LogP) is 3.81. The molecule has 0 bridgehead atoms. The molecule has 2 aliphatic rings. The first kappa shape index (κ1) is 16.6. The highest BCUT2D eigenvalue weighted by Gasteiger charge is 2.25. The lowest BCUT2D eigenvalue weighted by atomic mass is 9.98. The van der Waals surface area contributed by atoms with Gasteiger partial charge in [0.1, 0.15) is 12.6 Å². The van der Waals surface area contributed by atoms with Gasteiger partial charge in [0.25, 0.3) is 0 Å². The van der Waals surface area contributed by atoms with Gasteiger partial charge in [-0.2, -0.15) is 0 Å². The Bertz CT molecular complexity index is 787. The Morgan fingerprint density at radius 2 is 2.04 bits per heavy atom. The molecule has 1 aromatic heterocycles. The first-order valence-electron chi connectivity index (χ1n) is 9.60. The van der Waals surface area contributed by atoms with Crippen molar-refractivity contribution in [1.29, 1.82) is 0 Å². The second-order valence-corrected chi connectivity index (χ2v) is 7.77. The number of aryl methyl sites for hydroxylation is 1. The maximum Gasteiger partial charge on any atom is 0.326 e. The van der Waals surface area contributed by atoms with Crippen LogP contribution in [-0.2, 0) is 29.0 Å². The third-order valence-corrected chi connectivity index (χ3v) is 5.74. The van der Waals surface area contributed by atoms with Gasteiger partial charge in [0.15, 0.2) is 0 Å². The topological polar surface area (TPSA) is 34.5 Å². The van der Waals surface area contributed by atoms with Crippen LogP contribution in [0, 0.1) is 6.92 Å². The van der Waals surface area contributed by atoms with Crippen LogP contribution in [0.5, 0.6) is 0 Å². The number of hydrogen-bond acceptors (Lipinski definition) is 3. The Labute approximate surface area is 149 Å². The first-order valence-corrected chi connectivity index (χ1v) is 9.60. The molecule has 0 spiro atoms. The lowest BCUT2D eigenvalue weighted by Gasteiger charge is -2.25. The number of hydrogen-bond donors (Lipinski definition) is 0. The van der Waals surface area contributed by atoms with Crippen LogP contribution < -0.4 is 0 Å². The molecular weight excluding hydrogens is 312 g/mol. The Balaban J connectivity index is 1.64. The molecule has 0 radical (unpaired) electrons. The Morgan fingerprint density at radius 3 is 2.84 bits per heavy atom. The summed E-state index contributed by atoms with van der Waals surface area (Å²) in [7, 11) is 2.15. The van der Waals surface area contributed by atoms with Crippen LogP contribution in [0.25, 0.3) is 10.9 Å². The van der Waals surface area contributed by atoms with Gasteiger partial charge in [-0.15, -0.1) is 0 Å². The van der Waals surface area contributed by atoms with Crippen molar-refractivity contribution in [2.24, 2.45) is 0 Å². The summed E-state index contributed by atoms with van der Waals surface area (Å²) in [5.74, 6) is -0.0830. The predicted molar refractivity (Wildman–Crippen MR) is 99.7 cm³/mol. The van der Waals surface area contributed by atoms with Gasteiger partial charge in [-0.3, -0.25) is 4.79 Å². The van der Waals surface area contributed by atoms with Gasteiger partial charge >= 0.3 is 5.97 Å². The summed E-state index contributed by atoms with van der Waals surface area (Å²) in [6.45, 7) is 4.45. The molecule has 4 heteroatoms. The second kappa shape index (κ2) is 6.83. The van der Waals surface area contributed by atoms with Gasteiger partial charge in [-0.05, 0) is 63.8 Å². The van der Waals surface area contributed by atoms with E-state index in [2.05, 4.69) is 41.6 Å². The van der Waals surface area contributed by atoms with Crippen LogP contribution >= 0.6 is 0 Å². The van der Waals surface area contributed by atoms with Gasteiger partial charge in [0.05, 0.1) is 0 Å². The molecule has 1 aliphatic heterocycles. The minimum atomic E-state index is -0.0830. The number of carbonyl (C=O) groups excluding carboxylic acids is 1. The Hall–Kier alpha value is -1.81. The fourth-order valence-corrected chi connectivity index (χ4v) is 4.40. The Morgan fingerprint density at radius 1 is 1.24 bits per heavy atom. The van der Waals surface area contributed by atoms with Crippen LogP contribution in [-0.4, -0.2) is 35.1 Å². The molecule has 134 valence electrons. The summed E-state index contributed by atoms with van der Waals surface area (Å²) in [6.07, 6.45) is 6.87. The van der Waals surface area contributed by atoms with Gasteiger partial charge < -0.3 is 14.2 Å². The molecule has 0 saturated heterocycles. The Kier molecular flexibility index (Phi) is 4.55. The SMILES string of the molecule is Cc1ccc2c(c1)c1c(n2CC(=O)OC2CCCCC2)CN(C)CC1. The number of fused-ring (bicyclic) bond motifs is 3. The number of carbonyl (C=O) groups is 1. The molecule has 2 heterocycles. The normalized spacial score (nSPS) is 19.1. The monoisotopic (exact) mass is 340 g/mol. The van der Waals surface area contributed by atoms with Crippen molar-refractivity contribution < 1.29 is 9.53 Å². The number of ether oxygens (including phenoxy) is 1.